The maximum atomic E-state index is 12.9. The quantitative estimate of drug-likeness (QED) is 0.767. The normalized spacial score (nSPS) is 26.2. The van der Waals surface area contributed by atoms with Gasteiger partial charge in [0.2, 0.25) is 11.8 Å². The first-order valence-corrected chi connectivity index (χ1v) is 11.9. The molecule has 4 aliphatic rings. The summed E-state index contributed by atoms with van der Waals surface area (Å²) < 4.78 is 5.41. The molecule has 0 aromatic heterocycles. The van der Waals surface area contributed by atoms with Crippen molar-refractivity contribution in [3.63, 3.8) is 0 Å². The van der Waals surface area contributed by atoms with Crippen LogP contribution in [0.15, 0.2) is 24.3 Å². The number of fused-ring (bicyclic) bond motifs is 2. The van der Waals surface area contributed by atoms with Gasteiger partial charge in [0, 0.05) is 38.5 Å². The fraction of sp³-hybridized carbons (Fsp3) is 0.680. The van der Waals surface area contributed by atoms with Gasteiger partial charge < -0.3 is 14.5 Å². The average Bonchev–Trinajstić information content (AvgIpc) is 3.43. The van der Waals surface area contributed by atoms with E-state index in [1.165, 1.54) is 24.0 Å². The Morgan fingerprint density at radius 2 is 1.67 bits per heavy atom. The molecule has 30 heavy (non-hydrogen) atoms. The van der Waals surface area contributed by atoms with E-state index in [1.54, 1.807) is 0 Å². The van der Waals surface area contributed by atoms with Gasteiger partial charge in [0.25, 0.3) is 0 Å². The monoisotopic (exact) mass is 410 g/mol. The summed E-state index contributed by atoms with van der Waals surface area (Å²) in [6.07, 6.45) is 8.29. The number of likely N-dealkylation sites (tertiary alicyclic amines) is 1. The minimum absolute atomic E-state index is 0.138. The minimum Gasteiger partial charge on any atom is -0.378 e. The molecule has 0 radical (unpaired) electrons. The second kappa shape index (κ2) is 8.33. The van der Waals surface area contributed by atoms with Crippen molar-refractivity contribution in [1.82, 2.24) is 9.80 Å². The fourth-order valence-corrected chi connectivity index (χ4v) is 6.42. The first-order valence-electron chi connectivity index (χ1n) is 11.9. The predicted octanol–water partition coefficient (Wildman–Crippen LogP) is 3.47. The minimum atomic E-state index is 0.138. The van der Waals surface area contributed by atoms with Crippen molar-refractivity contribution in [3.05, 3.63) is 35.4 Å². The van der Waals surface area contributed by atoms with E-state index in [2.05, 4.69) is 29.2 Å². The highest BCUT2D eigenvalue weighted by atomic mass is 16.5. The fourth-order valence-electron chi connectivity index (χ4n) is 6.42. The van der Waals surface area contributed by atoms with Crippen molar-refractivity contribution in [2.24, 2.45) is 5.92 Å². The van der Waals surface area contributed by atoms with E-state index < -0.39 is 0 Å². The van der Waals surface area contributed by atoms with Crippen LogP contribution in [0.4, 0.5) is 0 Å². The zero-order chi connectivity index (χ0) is 20.6. The van der Waals surface area contributed by atoms with E-state index in [4.69, 9.17) is 4.74 Å². The molecule has 2 amide bonds. The molecule has 5 rings (SSSR count). The molecule has 1 atom stereocenters. The Kier molecular flexibility index (Phi) is 5.57. The summed E-state index contributed by atoms with van der Waals surface area (Å²) in [5.74, 6) is 1.24. The molecule has 5 heteroatoms. The molecule has 2 saturated heterocycles. The molecule has 0 N–H and O–H groups in total. The molecule has 2 aliphatic heterocycles. The van der Waals surface area contributed by atoms with E-state index >= 15 is 0 Å². The Labute approximate surface area is 179 Å². The van der Waals surface area contributed by atoms with Crippen LogP contribution in [-0.2, 0) is 19.7 Å². The molecule has 1 saturated carbocycles. The van der Waals surface area contributed by atoms with E-state index in [0.717, 1.165) is 58.3 Å². The Bertz CT molecular complexity index is 787. The van der Waals surface area contributed by atoms with Crippen molar-refractivity contribution >= 4 is 11.8 Å². The lowest BCUT2D eigenvalue weighted by molar-refractivity contribution is -0.137. The summed E-state index contributed by atoms with van der Waals surface area (Å²) in [6.45, 7) is 4.48. The maximum Gasteiger partial charge on any atom is 0.225 e. The number of nitrogens with zero attached hydrogens (tertiary/aromatic N) is 2. The van der Waals surface area contributed by atoms with E-state index in [1.807, 2.05) is 4.90 Å². The number of hydrogen-bond acceptors (Lipinski definition) is 3. The lowest BCUT2D eigenvalue weighted by atomic mass is 9.73. The van der Waals surface area contributed by atoms with Gasteiger partial charge in [0.05, 0.1) is 13.2 Å². The van der Waals surface area contributed by atoms with Crippen molar-refractivity contribution in [2.45, 2.75) is 62.7 Å². The Morgan fingerprint density at radius 1 is 0.967 bits per heavy atom. The largest absolute Gasteiger partial charge is 0.378 e. The third-order valence-electron chi connectivity index (χ3n) is 8.13. The SMILES string of the molecule is O=C(C[C@H]1CC2(CCN(C(=O)C3CCCC3)CC2)c2ccccc21)N1CCOCC1. The van der Waals surface area contributed by atoms with Crippen LogP contribution in [0.2, 0.25) is 0 Å². The summed E-state index contributed by atoms with van der Waals surface area (Å²) in [5.41, 5.74) is 2.95. The van der Waals surface area contributed by atoms with Crippen LogP contribution in [0.25, 0.3) is 0 Å². The van der Waals surface area contributed by atoms with Crippen LogP contribution in [0.1, 0.15) is 68.4 Å². The average molecular weight is 411 g/mol. The first kappa shape index (κ1) is 20.0. The molecule has 1 aromatic carbocycles. The number of rotatable bonds is 3. The Morgan fingerprint density at radius 3 is 2.40 bits per heavy atom. The van der Waals surface area contributed by atoms with Gasteiger partial charge in [-0.1, -0.05) is 37.1 Å². The topological polar surface area (TPSA) is 49.9 Å². The molecular weight excluding hydrogens is 376 g/mol. The van der Waals surface area contributed by atoms with Crippen LogP contribution in [-0.4, -0.2) is 61.0 Å². The van der Waals surface area contributed by atoms with Crippen molar-refractivity contribution in [1.29, 1.82) is 0 Å². The second-order valence-corrected chi connectivity index (χ2v) is 9.77. The third kappa shape index (κ3) is 3.66. The van der Waals surface area contributed by atoms with Gasteiger partial charge >= 0.3 is 0 Å². The number of carbonyl (C=O) groups excluding carboxylic acids is 2. The van der Waals surface area contributed by atoms with E-state index in [-0.39, 0.29) is 17.2 Å². The molecule has 2 heterocycles. The lowest BCUT2D eigenvalue weighted by Gasteiger charge is -2.41. The molecular formula is C25H34N2O3. The van der Waals surface area contributed by atoms with E-state index in [0.29, 0.717) is 31.5 Å². The van der Waals surface area contributed by atoms with Crippen LogP contribution >= 0.6 is 0 Å². The first-order chi connectivity index (χ1) is 14.7. The predicted molar refractivity (Wildman–Crippen MR) is 115 cm³/mol. The third-order valence-corrected chi connectivity index (χ3v) is 8.13. The summed E-state index contributed by atoms with van der Waals surface area (Å²) in [4.78, 5) is 29.9. The number of ether oxygens (including phenoxy) is 1. The highest BCUT2D eigenvalue weighted by Gasteiger charge is 2.46. The van der Waals surface area contributed by atoms with Gasteiger partial charge in [-0.3, -0.25) is 9.59 Å². The van der Waals surface area contributed by atoms with Gasteiger partial charge in [-0.05, 0) is 54.6 Å². The summed E-state index contributed by atoms with van der Waals surface area (Å²) in [6, 6.07) is 8.77. The number of carbonyl (C=O) groups is 2. The van der Waals surface area contributed by atoms with Crippen LogP contribution in [0.5, 0.6) is 0 Å². The Hall–Kier alpha value is -1.88. The van der Waals surface area contributed by atoms with Crippen molar-refractivity contribution in [2.75, 3.05) is 39.4 Å². The lowest BCUT2D eigenvalue weighted by Crippen LogP contribution is -2.46. The smallest absolute Gasteiger partial charge is 0.225 e. The molecule has 1 aromatic rings. The molecule has 3 fully saturated rings. The molecule has 5 nitrogen and oxygen atoms in total. The Balaban J connectivity index is 1.28. The van der Waals surface area contributed by atoms with Gasteiger partial charge in [0.1, 0.15) is 0 Å². The number of morpholine rings is 1. The van der Waals surface area contributed by atoms with Crippen molar-refractivity contribution < 1.29 is 14.3 Å². The van der Waals surface area contributed by atoms with Crippen LogP contribution in [0.3, 0.4) is 0 Å². The van der Waals surface area contributed by atoms with Gasteiger partial charge in [-0.15, -0.1) is 0 Å². The summed E-state index contributed by atoms with van der Waals surface area (Å²) in [5, 5.41) is 0. The molecule has 1 spiro atoms. The molecule has 2 aliphatic carbocycles. The maximum absolute atomic E-state index is 12.9. The highest BCUT2D eigenvalue weighted by Crippen LogP contribution is 2.53. The van der Waals surface area contributed by atoms with E-state index in [9.17, 15) is 9.59 Å². The van der Waals surface area contributed by atoms with Gasteiger partial charge in [-0.25, -0.2) is 0 Å². The van der Waals surface area contributed by atoms with Gasteiger partial charge in [0.15, 0.2) is 0 Å². The van der Waals surface area contributed by atoms with Gasteiger partial charge in [-0.2, -0.15) is 0 Å². The number of amides is 2. The number of benzene rings is 1. The summed E-state index contributed by atoms with van der Waals surface area (Å²) >= 11 is 0. The summed E-state index contributed by atoms with van der Waals surface area (Å²) in [7, 11) is 0. The molecule has 0 bridgehead atoms. The van der Waals surface area contributed by atoms with Crippen LogP contribution < -0.4 is 0 Å². The molecule has 162 valence electrons. The zero-order valence-corrected chi connectivity index (χ0v) is 18.0. The molecule has 0 unspecified atom stereocenters. The number of piperidine rings is 1. The zero-order valence-electron chi connectivity index (χ0n) is 18.0. The van der Waals surface area contributed by atoms with Crippen LogP contribution in [0, 0.1) is 5.92 Å². The highest BCUT2D eigenvalue weighted by molar-refractivity contribution is 5.79. The second-order valence-electron chi connectivity index (χ2n) is 9.77. The number of hydrogen-bond donors (Lipinski definition) is 0. The standard InChI is InChI=1S/C25H34N2O3/c28-23(26-13-15-30-16-14-26)17-20-18-25(22-8-4-3-7-21(20)22)9-11-27(12-10-25)24(29)19-5-1-2-6-19/h3-4,7-8,19-20H,1-2,5-6,9-18H2/t20-/m0/s1. The van der Waals surface area contributed by atoms with Crippen molar-refractivity contribution in [3.8, 4) is 0 Å².